The van der Waals surface area contributed by atoms with E-state index in [0.717, 1.165) is 17.7 Å². The number of hydrogen-bond donors (Lipinski definition) is 2. The first kappa shape index (κ1) is 20.5. The van der Waals surface area contributed by atoms with Gasteiger partial charge < -0.3 is 15.4 Å². The third-order valence-corrected chi connectivity index (χ3v) is 5.01. The van der Waals surface area contributed by atoms with Gasteiger partial charge in [-0.3, -0.25) is 9.59 Å². The van der Waals surface area contributed by atoms with Crippen molar-refractivity contribution >= 4 is 28.3 Å². The Morgan fingerprint density at radius 2 is 1.83 bits per heavy atom. The van der Waals surface area contributed by atoms with Gasteiger partial charge in [0.1, 0.15) is 5.75 Å². The van der Waals surface area contributed by atoms with Crippen LogP contribution in [-0.2, 0) is 11.2 Å². The number of nitrogens with zero attached hydrogens (tertiary/aromatic N) is 1. The molecule has 0 aliphatic carbocycles. The Hall–Kier alpha value is -3.19. The fourth-order valence-electron chi connectivity index (χ4n) is 2.73. The van der Waals surface area contributed by atoms with E-state index in [-0.39, 0.29) is 18.4 Å². The Bertz CT molecular complexity index is 983. The molecule has 0 aliphatic rings. The van der Waals surface area contributed by atoms with E-state index in [1.54, 1.807) is 24.3 Å². The molecule has 7 heteroatoms. The van der Waals surface area contributed by atoms with Gasteiger partial charge in [0.15, 0.2) is 5.13 Å². The van der Waals surface area contributed by atoms with Gasteiger partial charge in [-0.15, -0.1) is 11.3 Å². The molecule has 0 saturated heterocycles. The summed E-state index contributed by atoms with van der Waals surface area (Å²) in [6, 6.07) is 15.1. The number of rotatable bonds is 8. The monoisotopic (exact) mass is 409 g/mol. The summed E-state index contributed by atoms with van der Waals surface area (Å²) in [4.78, 5) is 29.0. The lowest BCUT2D eigenvalue weighted by molar-refractivity contribution is -0.115. The molecule has 2 amide bonds. The van der Waals surface area contributed by atoms with E-state index in [4.69, 9.17) is 4.74 Å². The summed E-state index contributed by atoms with van der Waals surface area (Å²) >= 11 is 1.35. The van der Waals surface area contributed by atoms with Crippen LogP contribution in [0, 0.1) is 0 Å². The summed E-state index contributed by atoms with van der Waals surface area (Å²) < 4.78 is 5.45. The second kappa shape index (κ2) is 9.84. The van der Waals surface area contributed by atoms with Crippen molar-refractivity contribution in [3.63, 3.8) is 0 Å². The second-order valence-corrected chi connectivity index (χ2v) is 7.11. The maximum absolute atomic E-state index is 12.4. The lowest BCUT2D eigenvalue weighted by atomic mass is 10.1. The smallest absolute Gasteiger partial charge is 0.255 e. The maximum atomic E-state index is 12.4. The number of nitrogens with one attached hydrogen (secondary N) is 2. The molecule has 29 heavy (non-hydrogen) atoms. The Kier molecular flexibility index (Phi) is 6.97. The largest absolute Gasteiger partial charge is 0.493 e. The molecule has 0 atom stereocenters. The molecule has 3 rings (SSSR count). The minimum atomic E-state index is -0.361. The lowest BCUT2D eigenvalue weighted by Gasteiger charge is -2.10. The molecule has 6 nitrogen and oxygen atoms in total. The fourth-order valence-corrected chi connectivity index (χ4v) is 3.47. The minimum absolute atomic E-state index is 0.153. The van der Waals surface area contributed by atoms with Crippen molar-refractivity contribution in [3.8, 4) is 17.0 Å². The number of para-hydroxylation sites is 1. The Balaban J connectivity index is 1.56. The summed E-state index contributed by atoms with van der Waals surface area (Å²) in [5.74, 6) is -0.207. The molecule has 0 radical (unpaired) electrons. The van der Waals surface area contributed by atoms with Crippen molar-refractivity contribution in [3.05, 3.63) is 65.0 Å². The highest BCUT2D eigenvalue weighted by molar-refractivity contribution is 7.14. The number of anilines is 1. The van der Waals surface area contributed by atoms with E-state index in [9.17, 15) is 9.59 Å². The molecule has 150 valence electrons. The van der Waals surface area contributed by atoms with Crippen LogP contribution in [0.1, 0.15) is 29.8 Å². The molecular weight excluding hydrogens is 386 g/mol. The van der Waals surface area contributed by atoms with E-state index in [1.165, 1.54) is 16.9 Å². The molecule has 2 N–H and O–H groups in total. The normalized spacial score (nSPS) is 10.4. The van der Waals surface area contributed by atoms with Crippen molar-refractivity contribution < 1.29 is 14.3 Å². The summed E-state index contributed by atoms with van der Waals surface area (Å²) in [6.07, 6.45) is 0.986. The first-order chi connectivity index (χ1) is 14.1. The molecule has 0 saturated carbocycles. The SMILES string of the molecule is CCOc1ccccc1C(=O)NCC(=O)Nc1nc(-c2ccc(CC)cc2)cs1. The third kappa shape index (κ3) is 5.42. The molecule has 0 aliphatic heterocycles. The van der Waals surface area contributed by atoms with Crippen molar-refractivity contribution in [1.29, 1.82) is 0 Å². The molecule has 0 spiro atoms. The second-order valence-electron chi connectivity index (χ2n) is 6.25. The highest BCUT2D eigenvalue weighted by Gasteiger charge is 2.14. The molecule has 2 aromatic carbocycles. The first-order valence-corrected chi connectivity index (χ1v) is 10.3. The van der Waals surface area contributed by atoms with Crippen molar-refractivity contribution in [2.24, 2.45) is 0 Å². The summed E-state index contributed by atoms with van der Waals surface area (Å²) in [7, 11) is 0. The molecule has 0 unspecified atom stereocenters. The van der Waals surface area contributed by atoms with Crippen LogP contribution in [0.3, 0.4) is 0 Å². The predicted octanol–water partition coefficient (Wildman–Crippen LogP) is 4.14. The first-order valence-electron chi connectivity index (χ1n) is 9.45. The van der Waals surface area contributed by atoms with Crippen LogP contribution in [0.25, 0.3) is 11.3 Å². The summed E-state index contributed by atoms with van der Waals surface area (Å²) in [5.41, 5.74) is 3.47. The number of amides is 2. The van der Waals surface area contributed by atoms with E-state index >= 15 is 0 Å². The quantitative estimate of drug-likeness (QED) is 0.586. The summed E-state index contributed by atoms with van der Waals surface area (Å²) in [5, 5.41) is 7.73. The molecule has 0 bridgehead atoms. The van der Waals surface area contributed by atoms with Gasteiger partial charge in [0.2, 0.25) is 5.91 Å². The Labute approximate surface area is 173 Å². The van der Waals surface area contributed by atoms with Crippen LogP contribution >= 0.6 is 11.3 Å². The van der Waals surface area contributed by atoms with E-state index in [1.807, 2.05) is 24.4 Å². The average Bonchev–Trinajstić information content (AvgIpc) is 3.21. The van der Waals surface area contributed by atoms with Crippen LogP contribution in [-0.4, -0.2) is 29.9 Å². The van der Waals surface area contributed by atoms with Crippen molar-refractivity contribution in [1.82, 2.24) is 10.3 Å². The zero-order chi connectivity index (χ0) is 20.6. The van der Waals surface area contributed by atoms with Gasteiger partial charge in [-0.25, -0.2) is 4.98 Å². The van der Waals surface area contributed by atoms with Crippen LogP contribution in [0.2, 0.25) is 0 Å². The predicted molar refractivity (Wildman–Crippen MR) is 116 cm³/mol. The molecule has 3 aromatic rings. The van der Waals surface area contributed by atoms with Crippen LogP contribution in [0.4, 0.5) is 5.13 Å². The number of thiazole rings is 1. The van der Waals surface area contributed by atoms with E-state index in [2.05, 4.69) is 34.7 Å². The number of ether oxygens (including phenoxy) is 1. The maximum Gasteiger partial charge on any atom is 0.255 e. The van der Waals surface area contributed by atoms with Gasteiger partial charge in [0.05, 0.1) is 24.4 Å². The number of aromatic nitrogens is 1. The number of carbonyl (C=O) groups is 2. The topological polar surface area (TPSA) is 80.3 Å². The van der Waals surface area contributed by atoms with Gasteiger partial charge in [-0.2, -0.15) is 0 Å². The third-order valence-electron chi connectivity index (χ3n) is 4.25. The van der Waals surface area contributed by atoms with Crippen LogP contribution in [0.15, 0.2) is 53.9 Å². The zero-order valence-electron chi connectivity index (χ0n) is 16.4. The van der Waals surface area contributed by atoms with Gasteiger partial charge in [0, 0.05) is 10.9 Å². The van der Waals surface area contributed by atoms with Gasteiger partial charge in [-0.05, 0) is 31.0 Å². The number of aryl methyl sites for hydroxylation is 1. The Morgan fingerprint density at radius 3 is 2.55 bits per heavy atom. The summed E-state index contributed by atoms with van der Waals surface area (Å²) in [6.45, 7) is 4.26. The van der Waals surface area contributed by atoms with Crippen molar-refractivity contribution in [2.75, 3.05) is 18.5 Å². The molecular formula is C22H23N3O3S. The number of hydrogen-bond acceptors (Lipinski definition) is 5. The Morgan fingerprint density at radius 1 is 1.07 bits per heavy atom. The van der Waals surface area contributed by atoms with E-state index in [0.29, 0.717) is 23.1 Å². The van der Waals surface area contributed by atoms with Crippen LogP contribution < -0.4 is 15.4 Å². The minimum Gasteiger partial charge on any atom is -0.493 e. The van der Waals surface area contributed by atoms with E-state index < -0.39 is 0 Å². The standard InChI is InChI=1S/C22H23N3O3S/c1-3-15-9-11-16(12-10-15)18-14-29-22(24-18)25-20(26)13-23-21(27)17-7-5-6-8-19(17)28-4-2/h5-12,14H,3-4,13H2,1-2H3,(H,23,27)(H,24,25,26). The van der Waals surface area contributed by atoms with Crippen LogP contribution in [0.5, 0.6) is 5.75 Å². The zero-order valence-corrected chi connectivity index (χ0v) is 17.2. The van der Waals surface area contributed by atoms with Gasteiger partial charge in [-0.1, -0.05) is 43.3 Å². The average molecular weight is 410 g/mol. The highest BCUT2D eigenvalue weighted by Crippen LogP contribution is 2.25. The number of carbonyl (C=O) groups excluding carboxylic acids is 2. The van der Waals surface area contributed by atoms with Gasteiger partial charge in [0.25, 0.3) is 5.91 Å². The number of benzene rings is 2. The molecule has 0 fully saturated rings. The molecule has 1 heterocycles. The van der Waals surface area contributed by atoms with Crippen molar-refractivity contribution in [2.45, 2.75) is 20.3 Å². The lowest BCUT2D eigenvalue weighted by Crippen LogP contribution is -2.33. The highest BCUT2D eigenvalue weighted by atomic mass is 32.1. The van der Waals surface area contributed by atoms with Gasteiger partial charge >= 0.3 is 0 Å². The molecule has 1 aromatic heterocycles. The fraction of sp³-hybridized carbons (Fsp3) is 0.227.